The highest BCUT2D eigenvalue weighted by atomic mass is 16.5. The van der Waals surface area contributed by atoms with Gasteiger partial charge in [-0.15, -0.1) is 0 Å². The molecule has 2 aromatic carbocycles. The molecule has 0 saturated heterocycles. The Morgan fingerprint density at radius 2 is 1.89 bits per heavy atom. The topological polar surface area (TPSA) is 63.2 Å². The number of pyridine rings is 1. The molecule has 0 radical (unpaired) electrons. The maximum Gasteiger partial charge on any atom is 0.274 e. The molecule has 27 heavy (non-hydrogen) atoms. The molecule has 0 bridgehead atoms. The van der Waals surface area contributed by atoms with Crippen LogP contribution in [-0.4, -0.2) is 18.0 Å². The van der Waals surface area contributed by atoms with E-state index in [9.17, 15) is 4.79 Å². The molecule has 3 aromatic rings. The van der Waals surface area contributed by atoms with Gasteiger partial charge in [0.15, 0.2) is 0 Å². The lowest BCUT2D eigenvalue weighted by atomic mass is 10.1. The first-order valence-corrected chi connectivity index (χ1v) is 8.87. The number of carbonyl (C=O) groups is 1. The number of hydrogen-bond donors (Lipinski definition) is 2. The van der Waals surface area contributed by atoms with Crippen molar-refractivity contribution in [3.05, 3.63) is 77.6 Å². The molecule has 0 aliphatic rings. The van der Waals surface area contributed by atoms with E-state index < -0.39 is 0 Å². The monoisotopic (exact) mass is 361 g/mol. The third-order valence-corrected chi connectivity index (χ3v) is 4.28. The van der Waals surface area contributed by atoms with Crippen molar-refractivity contribution < 1.29 is 9.53 Å². The summed E-state index contributed by atoms with van der Waals surface area (Å²) in [6.07, 6.45) is 2.49. The molecule has 138 valence electrons. The summed E-state index contributed by atoms with van der Waals surface area (Å²) in [6, 6.07) is 17.2. The number of rotatable bonds is 6. The molecule has 1 heterocycles. The molecule has 2 N–H and O–H groups in total. The highest BCUT2D eigenvalue weighted by Crippen LogP contribution is 2.28. The van der Waals surface area contributed by atoms with E-state index in [-0.39, 0.29) is 5.91 Å². The van der Waals surface area contributed by atoms with Gasteiger partial charge in [0.05, 0.1) is 24.7 Å². The van der Waals surface area contributed by atoms with Gasteiger partial charge >= 0.3 is 0 Å². The Kier molecular flexibility index (Phi) is 5.71. The van der Waals surface area contributed by atoms with Crippen molar-refractivity contribution in [1.82, 2.24) is 4.98 Å². The van der Waals surface area contributed by atoms with Gasteiger partial charge in [0, 0.05) is 5.69 Å². The zero-order chi connectivity index (χ0) is 19.2. The van der Waals surface area contributed by atoms with E-state index in [0.717, 1.165) is 40.4 Å². The van der Waals surface area contributed by atoms with Gasteiger partial charge < -0.3 is 15.4 Å². The lowest BCUT2D eigenvalue weighted by molar-refractivity contribution is 0.102. The van der Waals surface area contributed by atoms with E-state index in [1.165, 1.54) is 0 Å². The van der Waals surface area contributed by atoms with Crippen LogP contribution in [0.2, 0.25) is 0 Å². The summed E-state index contributed by atoms with van der Waals surface area (Å²) in [4.78, 5) is 16.8. The number of carbonyl (C=O) groups excluding carboxylic acids is 1. The number of benzene rings is 2. The number of aromatic nitrogens is 1. The lowest BCUT2D eigenvalue weighted by Gasteiger charge is -2.12. The second-order valence-corrected chi connectivity index (χ2v) is 6.23. The van der Waals surface area contributed by atoms with Gasteiger partial charge in [-0.1, -0.05) is 31.2 Å². The summed E-state index contributed by atoms with van der Waals surface area (Å²) in [5.41, 5.74) is 5.03. The minimum atomic E-state index is -0.226. The average Bonchev–Trinajstić information content (AvgIpc) is 2.69. The minimum Gasteiger partial charge on any atom is -0.495 e. The number of aryl methyl sites for hydroxylation is 2. The highest BCUT2D eigenvalue weighted by molar-refractivity contribution is 6.03. The predicted octanol–water partition coefficient (Wildman–Crippen LogP) is 4.96. The molecular formula is C22H23N3O2. The zero-order valence-electron chi connectivity index (χ0n) is 15.7. The number of hydrogen-bond acceptors (Lipinski definition) is 4. The number of nitrogens with zero attached hydrogens (tertiary/aromatic N) is 1. The summed E-state index contributed by atoms with van der Waals surface area (Å²) in [7, 11) is 1.63. The second kappa shape index (κ2) is 8.36. The van der Waals surface area contributed by atoms with E-state index in [4.69, 9.17) is 4.74 Å². The number of ether oxygens (including phenoxy) is 1. The van der Waals surface area contributed by atoms with Crippen molar-refractivity contribution in [3.8, 4) is 5.75 Å². The number of nitrogens with one attached hydrogen (secondary N) is 2. The molecule has 0 saturated carbocycles. The highest BCUT2D eigenvalue weighted by Gasteiger charge is 2.10. The van der Waals surface area contributed by atoms with Crippen LogP contribution in [0, 0.1) is 6.92 Å². The molecule has 0 atom stereocenters. The van der Waals surface area contributed by atoms with E-state index in [1.54, 1.807) is 19.4 Å². The van der Waals surface area contributed by atoms with Crippen LogP contribution in [0.1, 0.15) is 28.5 Å². The summed E-state index contributed by atoms with van der Waals surface area (Å²) in [5, 5.41) is 6.21. The first-order valence-electron chi connectivity index (χ1n) is 8.87. The van der Waals surface area contributed by atoms with Crippen LogP contribution in [0.15, 0.2) is 60.8 Å². The Morgan fingerprint density at radius 1 is 1.07 bits per heavy atom. The standard InChI is InChI=1S/C22H23N3O2/c1-4-16-7-5-6-8-18(16)25-22(26)19-11-10-17(14-23-19)24-20-13-15(2)9-12-21(20)27-3/h5-14,24H,4H2,1-3H3,(H,25,26). The number of para-hydroxylation sites is 1. The first kappa shape index (κ1) is 18.5. The van der Waals surface area contributed by atoms with Crippen molar-refractivity contribution in [2.75, 3.05) is 17.7 Å². The quantitative estimate of drug-likeness (QED) is 0.651. The smallest absolute Gasteiger partial charge is 0.274 e. The van der Waals surface area contributed by atoms with Crippen LogP contribution >= 0.6 is 0 Å². The zero-order valence-corrected chi connectivity index (χ0v) is 15.7. The Labute approximate surface area is 159 Å². The molecule has 0 spiro atoms. The molecule has 0 unspecified atom stereocenters. The Balaban J connectivity index is 1.73. The fourth-order valence-corrected chi connectivity index (χ4v) is 2.81. The third-order valence-electron chi connectivity index (χ3n) is 4.28. The van der Waals surface area contributed by atoms with Crippen LogP contribution in [0.3, 0.4) is 0 Å². The molecule has 1 amide bonds. The Bertz CT molecular complexity index is 937. The van der Waals surface area contributed by atoms with Crippen molar-refractivity contribution in [2.24, 2.45) is 0 Å². The molecule has 1 aromatic heterocycles. The second-order valence-electron chi connectivity index (χ2n) is 6.23. The molecular weight excluding hydrogens is 338 g/mol. The molecule has 0 aliphatic carbocycles. The van der Waals surface area contributed by atoms with Crippen molar-refractivity contribution in [2.45, 2.75) is 20.3 Å². The van der Waals surface area contributed by atoms with Gasteiger partial charge in [0.25, 0.3) is 5.91 Å². The van der Waals surface area contributed by atoms with E-state index in [1.807, 2.05) is 55.5 Å². The number of methoxy groups -OCH3 is 1. The van der Waals surface area contributed by atoms with Crippen LogP contribution in [0.25, 0.3) is 0 Å². The van der Waals surface area contributed by atoms with Gasteiger partial charge in [-0.05, 0) is 54.8 Å². The maximum atomic E-state index is 12.5. The fourth-order valence-electron chi connectivity index (χ4n) is 2.81. The third kappa shape index (κ3) is 4.44. The average molecular weight is 361 g/mol. The van der Waals surface area contributed by atoms with Gasteiger partial charge in [0.1, 0.15) is 11.4 Å². The Morgan fingerprint density at radius 3 is 2.59 bits per heavy atom. The van der Waals surface area contributed by atoms with Gasteiger partial charge in [-0.2, -0.15) is 0 Å². The summed E-state index contributed by atoms with van der Waals surface area (Å²) in [6.45, 7) is 4.08. The van der Waals surface area contributed by atoms with Gasteiger partial charge in [-0.25, -0.2) is 4.98 Å². The van der Waals surface area contributed by atoms with E-state index in [0.29, 0.717) is 5.69 Å². The van der Waals surface area contributed by atoms with Crippen LogP contribution < -0.4 is 15.4 Å². The normalized spacial score (nSPS) is 10.3. The van der Waals surface area contributed by atoms with Crippen LogP contribution in [0.5, 0.6) is 5.75 Å². The van der Waals surface area contributed by atoms with Crippen LogP contribution in [0.4, 0.5) is 17.1 Å². The van der Waals surface area contributed by atoms with Crippen molar-refractivity contribution in [3.63, 3.8) is 0 Å². The maximum absolute atomic E-state index is 12.5. The lowest BCUT2D eigenvalue weighted by Crippen LogP contribution is -2.14. The summed E-state index contributed by atoms with van der Waals surface area (Å²) < 4.78 is 5.38. The summed E-state index contributed by atoms with van der Waals surface area (Å²) >= 11 is 0. The van der Waals surface area contributed by atoms with Crippen molar-refractivity contribution in [1.29, 1.82) is 0 Å². The Hall–Kier alpha value is -3.34. The van der Waals surface area contributed by atoms with Gasteiger partial charge in [-0.3, -0.25) is 4.79 Å². The van der Waals surface area contributed by atoms with E-state index in [2.05, 4.69) is 22.5 Å². The predicted molar refractivity (Wildman–Crippen MR) is 109 cm³/mol. The molecule has 0 aliphatic heterocycles. The van der Waals surface area contributed by atoms with Crippen molar-refractivity contribution >= 4 is 23.0 Å². The van der Waals surface area contributed by atoms with E-state index >= 15 is 0 Å². The summed E-state index contributed by atoms with van der Waals surface area (Å²) in [5.74, 6) is 0.522. The van der Waals surface area contributed by atoms with Crippen LogP contribution in [-0.2, 0) is 6.42 Å². The largest absolute Gasteiger partial charge is 0.495 e. The van der Waals surface area contributed by atoms with Gasteiger partial charge in [0.2, 0.25) is 0 Å². The minimum absolute atomic E-state index is 0.226. The fraction of sp³-hybridized carbons (Fsp3) is 0.182. The molecule has 5 nitrogen and oxygen atoms in total. The molecule has 5 heteroatoms. The first-order chi connectivity index (χ1) is 13.1. The SMILES string of the molecule is CCc1ccccc1NC(=O)c1ccc(Nc2cc(C)ccc2OC)cn1. The molecule has 3 rings (SSSR count). The number of anilines is 3. The molecule has 0 fully saturated rings. The number of amides is 1.